The van der Waals surface area contributed by atoms with Crippen molar-refractivity contribution < 1.29 is 39.3 Å². The van der Waals surface area contributed by atoms with Crippen LogP contribution in [0, 0.1) is 5.92 Å². The molecular formula is C22H43N5O8. The van der Waals surface area contributed by atoms with Crippen molar-refractivity contribution in [2.45, 2.75) is 77.9 Å². The molecule has 1 heterocycles. The molecule has 9 N–H and O–H groups in total. The van der Waals surface area contributed by atoms with Crippen LogP contribution >= 0.6 is 0 Å². The van der Waals surface area contributed by atoms with Crippen molar-refractivity contribution in [3.63, 3.8) is 0 Å². The van der Waals surface area contributed by atoms with Crippen LogP contribution in [0.4, 0.5) is 0 Å². The third-order valence-electron chi connectivity index (χ3n) is 4.36. The molecule has 35 heavy (non-hydrogen) atoms. The molecule has 1 rings (SSSR count). The van der Waals surface area contributed by atoms with Crippen molar-refractivity contribution in [3.8, 4) is 0 Å². The SMILES string of the molecule is CC(=O)O.CC(C)C.NCCCCC(NC(=O)CNC(=O)C(N)CO)C(=O)N1CCCC1C(=O)O. The van der Waals surface area contributed by atoms with E-state index < -0.39 is 60.9 Å². The molecule has 0 saturated carbocycles. The number of carbonyl (C=O) groups excluding carboxylic acids is 3. The maximum absolute atomic E-state index is 12.8. The van der Waals surface area contributed by atoms with Gasteiger partial charge in [0.05, 0.1) is 13.2 Å². The summed E-state index contributed by atoms with van der Waals surface area (Å²) in [5.74, 6) is -2.82. The first kappa shape index (κ1) is 34.4. The fourth-order valence-corrected chi connectivity index (χ4v) is 2.86. The molecule has 3 amide bonds. The van der Waals surface area contributed by atoms with Crippen LogP contribution in [0.1, 0.15) is 59.8 Å². The van der Waals surface area contributed by atoms with E-state index in [-0.39, 0.29) is 0 Å². The van der Waals surface area contributed by atoms with E-state index in [2.05, 4.69) is 31.4 Å². The summed E-state index contributed by atoms with van der Waals surface area (Å²) in [6, 6.07) is -2.93. The average molecular weight is 506 g/mol. The van der Waals surface area contributed by atoms with E-state index in [0.29, 0.717) is 45.2 Å². The van der Waals surface area contributed by atoms with Crippen LogP contribution in [0.2, 0.25) is 0 Å². The molecule has 0 aliphatic carbocycles. The Morgan fingerprint density at radius 2 is 1.63 bits per heavy atom. The number of carboxylic acid groups (broad SMARTS) is 2. The Morgan fingerprint density at radius 1 is 1.09 bits per heavy atom. The summed E-state index contributed by atoms with van der Waals surface area (Å²) in [5.41, 5.74) is 10.8. The zero-order valence-electron chi connectivity index (χ0n) is 21.2. The van der Waals surface area contributed by atoms with Gasteiger partial charge in [0.15, 0.2) is 0 Å². The average Bonchev–Trinajstić information content (AvgIpc) is 3.25. The Hall–Kier alpha value is -2.77. The first-order valence-corrected chi connectivity index (χ1v) is 11.6. The van der Waals surface area contributed by atoms with Crippen LogP contribution in [0.25, 0.3) is 0 Å². The van der Waals surface area contributed by atoms with Crippen molar-refractivity contribution in [2.24, 2.45) is 17.4 Å². The Morgan fingerprint density at radius 3 is 2.09 bits per heavy atom. The van der Waals surface area contributed by atoms with E-state index in [1.165, 1.54) is 4.90 Å². The molecule has 0 bridgehead atoms. The monoisotopic (exact) mass is 505 g/mol. The lowest BCUT2D eigenvalue weighted by atomic mass is 10.1. The summed E-state index contributed by atoms with van der Waals surface area (Å²) < 4.78 is 0. The van der Waals surface area contributed by atoms with Gasteiger partial charge in [-0.2, -0.15) is 0 Å². The van der Waals surface area contributed by atoms with Gasteiger partial charge in [0.2, 0.25) is 17.7 Å². The number of carboxylic acids is 2. The first-order chi connectivity index (χ1) is 16.3. The van der Waals surface area contributed by atoms with Crippen molar-refractivity contribution in [3.05, 3.63) is 0 Å². The molecule has 0 aromatic carbocycles. The smallest absolute Gasteiger partial charge is 0.326 e. The predicted molar refractivity (Wildman–Crippen MR) is 129 cm³/mol. The molecule has 1 saturated heterocycles. The fraction of sp³-hybridized carbons (Fsp3) is 0.773. The molecule has 13 nitrogen and oxygen atoms in total. The fourth-order valence-electron chi connectivity index (χ4n) is 2.86. The zero-order chi connectivity index (χ0) is 27.6. The second kappa shape index (κ2) is 19.5. The van der Waals surface area contributed by atoms with Crippen molar-refractivity contribution in [1.29, 1.82) is 0 Å². The minimum absolute atomic E-state index is 0.314. The second-order valence-electron chi connectivity index (χ2n) is 8.69. The number of amides is 3. The van der Waals surface area contributed by atoms with Crippen LogP contribution < -0.4 is 22.1 Å². The second-order valence-corrected chi connectivity index (χ2v) is 8.69. The van der Waals surface area contributed by atoms with Gasteiger partial charge < -0.3 is 42.3 Å². The van der Waals surface area contributed by atoms with Crippen molar-refractivity contribution >= 4 is 29.7 Å². The highest BCUT2D eigenvalue weighted by atomic mass is 16.4. The van der Waals surface area contributed by atoms with Gasteiger partial charge in [-0.15, -0.1) is 0 Å². The number of likely N-dealkylation sites (tertiary alicyclic amines) is 1. The van der Waals surface area contributed by atoms with Gasteiger partial charge in [0.1, 0.15) is 18.1 Å². The normalized spacial score (nSPS) is 16.1. The lowest BCUT2D eigenvalue weighted by molar-refractivity contribution is -0.149. The first-order valence-electron chi connectivity index (χ1n) is 11.6. The van der Waals surface area contributed by atoms with Gasteiger partial charge in [-0.25, -0.2) is 4.79 Å². The quantitative estimate of drug-likeness (QED) is 0.167. The van der Waals surface area contributed by atoms with Gasteiger partial charge >= 0.3 is 5.97 Å². The molecule has 0 aromatic heterocycles. The van der Waals surface area contributed by atoms with E-state index in [0.717, 1.165) is 12.8 Å². The van der Waals surface area contributed by atoms with Gasteiger partial charge in [-0.3, -0.25) is 19.2 Å². The number of nitrogens with one attached hydrogen (secondary N) is 2. The summed E-state index contributed by atoms with van der Waals surface area (Å²) in [6.07, 6.45) is 2.51. The van der Waals surface area contributed by atoms with Crippen LogP contribution in [0.15, 0.2) is 0 Å². The molecular weight excluding hydrogens is 462 g/mol. The van der Waals surface area contributed by atoms with E-state index in [9.17, 15) is 24.3 Å². The van der Waals surface area contributed by atoms with E-state index in [1.807, 2.05) is 0 Å². The highest BCUT2D eigenvalue weighted by Crippen LogP contribution is 2.19. The molecule has 0 spiro atoms. The van der Waals surface area contributed by atoms with Gasteiger partial charge in [-0.1, -0.05) is 20.8 Å². The van der Waals surface area contributed by atoms with Gasteiger partial charge in [0.25, 0.3) is 5.97 Å². The predicted octanol–water partition coefficient (Wildman–Crippen LogP) is -1.14. The van der Waals surface area contributed by atoms with Crippen LogP contribution in [-0.2, 0) is 24.0 Å². The molecule has 0 radical (unpaired) electrons. The number of aliphatic hydroxyl groups is 1. The minimum Gasteiger partial charge on any atom is -0.481 e. The third kappa shape index (κ3) is 17.3. The molecule has 1 aliphatic heterocycles. The number of unbranched alkanes of at least 4 members (excludes halogenated alkanes) is 1. The van der Waals surface area contributed by atoms with Gasteiger partial charge in [0, 0.05) is 13.5 Å². The molecule has 1 fully saturated rings. The molecule has 3 atom stereocenters. The molecule has 0 aromatic rings. The molecule has 3 unspecified atom stereocenters. The number of nitrogens with two attached hydrogens (primary N) is 2. The number of nitrogens with zero attached hydrogens (tertiary/aromatic N) is 1. The van der Waals surface area contributed by atoms with E-state index >= 15 is 0 Å². The minimum atomic E-state index is -1.14. The number of rotatable bonds is 11. The highest BCUT2D eigenvalue weighted by Gasteiger charge is 2.37. The van der Waals surface area contributed by atoms with Crippen LogP contribution in [-0.4, -0.2) is 94.2 Å². The van der Waals surface area contributed by atoms with E-state index in [1.54, 1.807) is 0 Å². The summed E-state index contributed by atoms with van der Waals surface area (Å²) in [6.45, 7) is 7.38. The molecule has 1 aliphatic rings. The Kier molecular flexibility index (Phi) is 19.2. The zero-order valence-corrected chi connectivity index (χ0v) is 21.2. The Bertz CT molecular complexity index is 667. The lowest BCUT2D eigenvalue weighted by Gasteiger charge is -2.27. The largest absolute Gasteiger partial charge is 0.481 e. The Balaban J connectivity index is 0. The number of aliphatic hydroxyl groups excluding tert-OH is 1. The van der Waals surface area contributed by atoms with Crippen LogP contribution in [0.3, 0.4) is 0 Å². The standard InChI is InChI=1S/C16H29N5O6.C4H10.C2H4O2/c17-6-2-1-4-11(15(25)21-7-3-5-12(21)16(26)27)20-13(23)8-19-14(24)10(18)9-22;1-4(2)3;1-2(3)4/h10-12,22H,1-9,17-18H2,(H,19,24)(H,20,23)(H,26,27);4H,1-3H3;1H3,(H,3,4). The highest BCUT2D eigenvalue weighted by molar-refractivity contribution is 5.92. The summed E-state index contributed by atoms with van der Waals surface area (Å²) in [4.78, 5) is 57.9. The Labute approximate surface area is 206 Å². The molecule has 13 heteroatoms. The number of aliphatic carboxylic acids is 2. The summed E-state index contributed by atoms with van der Waals surface area (Å²) in [5, 5.41) is 30.3. The maximum atomic E-state index is 12.8. The van der Waals surface area contributed by atoms with Crippen molar-refractivity contribution in [2.75, 3.05) is 26.2 Å². The van der Waals surface area contributed by atoms with E-state index in [4.69, 9.17) is 26.5 Å². The number of hydrogen-bond donors (Lipinski definition) is 7. The topological polar surface area (TPSA) is 225 Å². The van der Waals surface area contributed by atoms with Gasteiger partial charge in [-0.05, 0) is 44.6 Å². The summed E-state index contributed by atoms with van der Waals surface area (Å²) >= 11 is 0. The molecule has 204 valence electrons. The number of carbonyl (C=O) groups is 5. The third-order valence-corrected chi connectivity index (χ3v) is 4.36. The summed E-state index contributed by atoms with van der Waals surface area (Å²) in [7, 11) is 0. The lowest BCUT2D eigenvalue weighted by Crippen LogP contribution is -2.54. The van der Waals surface area contributed by atoms with Crippen molar-refractivity contribution in [1.82, 2.24) is 15.5 Å². The number of hydrogen-bond acceptors (Lipinski definition) is 8. The maximum Gasteiger partial charge on any atom is 0.326 e. The van der Waals surface area contributed by atoms with Crippen LogP contribution in [0.5, 0.6) is 0 Å².